The lowest BCUT2D eigenvalue weighted by atomic mass is 10.4. The lowest BCUT2D eigenvalue weighted by Crippen LogP contribution is -2.36. The third-order valence-electron chi connectivity index (χ3n) is 1.54. The van der Waals surface area contributed by atoms with E-state index in [4.69, 9.17) is 5.11 Å². The molecule has 0 aliphatic rings. The summed E-state index contributed by atoms with van der Waals surface area (Å²) in [5, 5.41) is 8.36. The van der Waals surface area contributed by atoms with Gasteiger partial charge in [0, 0.05) is 11.8 Å². The van der Waals surface area contributed by atoms with Crippen LogP contribution < -0.4 is 4.72 Å². The van der Waals surface area contributed by atoms with E-state index in [2.05, 4.69) is 4.72 Å². The van der Waals surface area contributed by atoms with Gasteiger partial charge in [0.05, 0.1) is 12.2 Å². The molecular weight excluding hydrogens is 238 g/mol. The van der Waals surface area contributed by atoms with Gasteiger partial charge in [-0.25, -0.2) is 13.1 Å². The highest BCUT2D eigenvalue weighted by molar-refractivity contribution is 7.99. The Morgan fingerprint density at radius 3 is 2.60 bits per heavy atom. The number of aliphatic carboxylic acids is 1. The molecule has 7 heteroatoms. The molecule has 15 heavy (non-hydrogen) atoms. The number of carboxylic acids is 1. The van der Waals surface area contributed by atoms with E-state index < -0.39 is 16.0 Å². The molecule has 0 aromatic carbocycles. The zero-order valence-electron chi connectivity index (χ0n) is 8.89. The van der Waals surface area contributed by atoms with E-state index in [9.17, 15) is 13.2 Å². The van der Waals surface area contributed by atoms with Crippen LogP contribution in [0.1, 0.15) is 20.3 Å². The highest BCUT2D eigenvalue weighted by atomic mass is 32.2. The van der Waals surface area contributed by atoms with Crippen molar-refractivity contribution in [2.45, 2.75) is 26.3 Å². The Bertz CT molecular complexity index is 289. The molecule has 0 rings (SSSR count). The van der Waals surface area contributed by atoms with Crippen LogP contribution in [-0.4, -0.2) is 42.8 Å². The van der Waals surface area contributed by atoms with E-state index in [1.54, 1.807) is 18.7 Å². The van der Waals surface area contributed by atoms with E-state index in [0.29, 0.717) is 5.75 Å². The molecule has 0 heterocycles. The van der Waals surface area contributed by atoms with Crippen LogP contribution in [0.25, 0.3) is 0 Å². The number of nitrogens with one attached hydrogen (secondary N) is 1. The Hall–Kier alpha value is -0.270. The molecule has 0 fully saturated rings. The molecule has 0 aromatic heterocycles. The summed E-state index contributed by atoms with van der Waals surface area (Å²) >= 11 is 1.64. The normalized spacial score (nSPS) is 13.7. The van der Waals surface area contributed by atoms with Crippen LogP contribution in [0.3, 0.4) is 0 Å². The van der Waals surface area contributed by atoms with Gasteiger partial charge in [-0.1, -0.05) is 6.92 Å². The molecule has 2 N–H and O–H groups in total. The molecule has 0 amide bonds. The van der Waals surface area contributed by atoms with Gasteiger partial charge in [-0.2, -0.15) is 11.8 Å². The molecular formula is C8H17NO4S2. The van der Waals surface area contributed by atoms with Gasteiger partial charge in [-0.3, -0.25) is 4.79 Å². The molecule has 0 saturated heterocycles. The van der Waals surface area contributed by atoms with Crippen LogP contribution in [-0.2, 0) is 14.8 Å². The van der Waals surface area contributed by atoms with Gasteiger partial charge in [-0.15, -0.1) is 0 Å². The second kappa shape index (κ2) is 7.08. The fourth-order valence-corrected chi connectivity index (χ4v) is 2.95. The molecule has 90 valence electrons. The van der Waals surface area contributed by atoms with E-state index in [1.165, 1.54) is 0 Å². The van der Waals surface area contributed by atoms with Crippen molar-refractivity contribution in [1.82, 2.24) is 4.72 Å². The van der Waals surface area contributed by atoms with E-state index in [0.717, 1.165) is 5.75 Å². The minimum Gasteiger partial charge on any atom is -0.481 e. The third kappa shape index (κ3) is 8.71. The van der Waals surface area contributed by atoms with Gasteiger partial charge >= 0.3 is 5.97 Å². The SMILES string of the molecule is CCSCC(C)NS(=O)(=O)CCC(=O)O. The number of hydrogen-bond acceptors (Lipinski definition) is 4. The summed E-state index contributed by atoms with van der Waals surface area (Å²) in [6, 6.07) is -0.159. The Kier molecular flexibility index (Phi) is 6.95. The summed E-state index contributed by atoms with van der Waals surface area (Å²) in [4.78, 5) is 10.2. The van der Waals surface area contributed by atoms with Crippen LogP contribution in [0.2, 0.25) is 0 Å². The molecule has 0 saturated carbocycles. The van der Waals surface area contributed by atoms with Crippen molar-refractivity contribution in [2.75, 3.05) is 17.3 Å². The smallest absolute Gasteiger partial charge is 0.304 e. The van der Waals surface area contributed by atoms with Crippen molar-refractivity contribution in [1.29, 1.82) is 0 Å². The monoisotopic (exact) mass is 255 g/mol. The topological polar surface area (TPSA) is 83.5 Å². The molecule has 1 atom stereocenters. The summed E-state index contributed by atoms with van der Waals surface area (Å²) in [6.07, 6.45) is -0.358. The predicted octanol–water partition coefficient (Wildman–Crippen LogP) is 0.522. The molecule has 0 aliphatic heterocycles. The molecule has 0 aromatic rings. The van der Waals surface area contributed by atoms with Crippen molar-refractivity contribution < 1.29 is 18.3 Å². The highest BCUT2D eigenvalue weighted by Crippen LogP contribution is 2.03. The van der Waals surface area contributed by atoms with Crippen molar-refractivity contribution in [2.24, 2.45) is 0 Å². The average molecular weight is 255 g/mol. The fraction of sp³-hybridized carbons (Fsp3) is 0.875. The van der Waals surface area contributed by atoms with Gasteiger partial charge in [0.1, 0.15) is 0 Å². The Morgan fingerprint density at radius 1 is 1.53 bits per heavy atom. The molecule has 0 radical (unpaired) electrons. The Labute approximate surface area is 94.7 Å². The second-order valence-corrected chi connectivity index (χ2v) is 6.33. The standard InChI is InChI=1S/C8H17NO4S2/c1-3-14-6-7(2)9-15(12,13)5-4-8(10)11/h7,9H,3-6H2,1-2H3,(H,10,11). The number of carboxylic acid groups (broad SMARTS) is 1. The van der Waals surface area contributed by atoms with E-state index in [1.807, 2.05) is 6.92 Å². The number of thioether (sulfide) groups is 1. The summed E-state index contributed by atoms with van der Waals surface area (Å²) in [6.45, 7) is 3.76. The van der Waals surface area contributed by atoms with Crippen LogP contribution in [0.5, 0.6) is 0 Å². The Morgan fingerprint density at radius 2 is 2.13 bits per heavy atom. The molecule has 1 unspecified atom stereocenters. The van der Waals surface area contributed by atoms with Crippen LogP contribution in [0.4, 0.5) is 0 Å². The number of hydrogen-bond donors (Lipinski definition) is 2. The molecule has 0 bridgehead atoms. The first-order valence-corrected chi connectivity index (χ1v) is 7.47. The van der Waals surface area contributed by atoms with Crippen molar-refractivity contribution in [3.8, 4) is 0 Å². The number of sulfonamides is 1. The minimum atomic E-state index is -3.45. The minimum absolute atomic E-state index is 0.159. The lowest BCUT2D eigenvalue weighted by molar-refractivity contribution is -0.136. The quantitative estimate of drug-likeness (QED) is 0.660. The first-order valence-electron chi connectivity index (χ1n) is 4.67. The number of carbonyl (C=O) groups is 1. The van der Waals surface area contributed by atoms with Gasteiger partial charge in [0.2, 0.25) is 10.0 Å². The molecule has 0 aliphatic carbocycles. The fourth-order valence-electron chi connectivity index (χ4n) is 0.916. The summed E-state index contributed by atoms with van der Waals surface area (Å²) in [5.41, 5.74) is 0. The first kappa shape index (κ1) is 14.7. The Balaban J connectivity index is 3.96. The zero-order chi connectivity index (χ0) is 11.9. The zero-order valence-corrected chi connectivity index (χ0v) is 10.5. The summed E-state index contributed by atoms with van der Waals surface area (Å²) in [5.74, 6) is 0.170. The van der Waals surface area contributed by atoms with Crippen molar-refractivity contribution in [3.63, 3.8) is 0 Å². The number of rotatable bonds is 8. The van der Waals surface area contributed by atoms with Crippen LogP contribution in [0.15, 0.2) is 0 Å². The lowest BCUT2D eigenvalue weighted by Gasteiger charge is -2.12. The highest BCUT2D eigenvalue weighted by Gasteiger charge is 2.15. The summed E-state index contributed by atoms with van der Waals surface area (Å²) in [7, 11) is -3.45. The summed E-state index contributed by atoms with van der Waals surface area (Å²) < 4.78 is 25.1. The third-order valence-corrected chi connectivity index (χ3v) is 4.18. The van der Waals surface area contributed by atoms with Crippen LogP contribution >= 0.6 is 11.8 Å². The first-order chi connectivity index (χ1) is 6.87. The van der Waals surface area contributed by atoms with E-state index in [-0.39, 0.29) is 18.2 Å². The van der Waals surface area contributed by atoms with Gasteiger partial charge in [0.25, 0.3) is 0 Å². The van der Waals surface area contributed by atoms with E-state index >= 15 is 0 Å². The van der Waals surface area contributed by atoms with Gasteiger partial charge in [-0.05, 0) is 12.7 Å². The largest absolute Gasteiger partial charge is 0.481 e. The second-order valence-electron chi connectivity index (χ2n) is 3.14. The van der Waals surface area contributed by atoms with Gasteiger partial charge < -0.3 is 5.11 Å². The van der Waals surface area contributed by atoms with Crippen molar-refractivity contribution >= 4 is 27.8 Å². The van der Waals surface area contributed by atoms with Gasteiger partial charge in [0.15, 0.2) is 0 Å². The molecule has 5 nitrogen and oxygen atoms in total. The predicted molar refractivity (Wildman–Crippen MR) is 61.6 cm³/mol. The average Bonchev–Trinajstić information content (AvgIpc) is 2.11. The maximum Gasteiger partial charge on any atom is 0.304 e. The van der Waals surface area contributed by atoms with Crippen LogP contribution in [0, 0.1) is 0 Å². The molecule has 0 spiro atoms. The maximum atomic E-state index is 11.3. The van der Waals surface area contributed by atoms with Crippen molar-refractivity contribution in [3.05, 3.63) is 0 Å². The maximum absolute atomic E-state index is 11.3.